The first-order valence-corrected chi connectivity index (χ1v) is 11.0. The summed E-state index contributed by atoms with van der Waals surface area (Å²) >= 11 is 0. The van der Waals surface area contributed by atoms with E-state index in [1.807, 2.05) is 13.0 Å². The number of rotatable bonds is 5. The molecule has 2 aliphatic rings. The van der Waals surface area contributed by atoms with Crippen molar-refractivity contribution in [3.05, 3.63) is 68.4 Å². The number of ether oxygens (including phenoxy) is 4. The molecule has 0 radical (unpaired) electrons. The SMILES string of the molecule is COc1cc2c(cc1-c1ccc(=O)[nH]c1)CCn1c-2c(C)c(OCC2COCCO2)cc1=O. The number of nitrogens with zero attached hydrogens (tertiary/aromatic N) is 1. The normalized spacial score (nSPS) is 17.2. The molecule has 2 aliphatic heterocycles. The van der Waals surface area contributed by atoms with E-state index in [4.69, 9.17) is 18.9 Å². The molecule has 1 aromatic carbocycles. The molecule has 4 heterocycles. The third kappa shape index (κ3) is 4.07. The Bertz CT molecular complexity index is 1280. The molecule has 0 bridgehead atoms. The molecule has 3 aromatic rings. The molecular formula is C25H26N2O6. The smallest absolute Gasteiger partial charge is 0.254 e. The maximum absolute atomic E-state index is 12.9. The minimum absolute atomic E-state index is 0.0965. The Kier molecular flexibility index (Phi) is 5.78. The minimum atomic E-state index is -0.155. The Morgan fingerprint density at radius 1 is 1.12 bits per heavy atom. The molecule has 1 atom stereocenters. The molecular weight excluding hydrogens is 424 g/mol. The molecule has 1 saturated heterocycles. The second kappa shape index (κ2) is 8.88. The summed E-state index contributed by atoms with van der Waals surface area (Å²) in [6.45, 7) is 4.50. The van der Waals surface area contributed by atoms with Crippen molar-refractivity contribution in [3.63, 3.8) is 0 Å². The van der Waals surface area contributed by atoms with Crippen LogP contribution in [0.4, 0.5) is 0 Å². The monoisotopic (exact) mass is 450 g/mol. The first kappa shape index (κ1) is 21.5. The number of hydrogen-bond donors (Lipinski definition) is 1. The highest BCUT2D eigenvalue weighted by molar-refractivity contribution is 5.80. The third-order valence-corrected chi connectivity index (χ3v) is 6.21. The van der Waals surface area contributed by atoms with Gasteiger partial charge in [-0.25, -0.2) is 0 Å². The number of nitrogens with one attached hydrogen (secondary N) is 1. The number of benzene rings is 1. The quantitative estimate of drug-likeness (QED) is 0.642. The molecule has 1 unspecified atom stereocenters. The summed E-state index contributed by atoms with van der Waals surface area (Å²) in [5, 5.41) is 0. The molecule has 1 N–H and O–H groups in total. The summed E-state index contributed by atoms with van der Waals surface area (Å²) in [4.78, 5) is 27.1. The van der Waals surface area contributed by atoms with Crippen molar-refractivity contribution in [1.82, 2.24) is 9.55 Å². The molecule has 0 saturated carbocycles. The maximum Gasteiger partial charge on any atom is 0.254 e. The fourth-order valence-electron chi connectivity index (χ4n) is 4.52. The molecule has 0 aliphatic carbocycles. The van der Waals surface area contributed by atoms with Crippen LogP contribution >= 0.6 is 0 Å². The molecule has 2 aromatic heterocycles. The zero-order valence-corrected chi connectivity index (χ0v) is 18.7. The minimum Gasteiger partial charge on any atom is -0.496 e. The van der Waals surface area contributed by atoms with E-state index in [-0.39, 0.29) is 17.2 Å². The van der Waals surface area contributed by atoms with Crippen molar-refractivity contribution in [2.45, 2.75) is 26.0 Å². The Morgan fingerprint density at radius 3 is 2.73 bits per heavy atom. The van der Waals surface area contributed by atoms with Crippen LogP contribution in [0, 0.1) is 6.92 Å². The lowest BCUT2D eigenvalue weighted by Gasteiger charge is -2.27. The van der Waals surface area contributed by atoms with Gasteiger partial charge in [-0.3, -0.25) is 9.59 Å². The third-order valence-electron chi connectivity index (χ3n) is 6.21. The Morgan fingerprint density at radius 2 is 2.00 bits per heavy atom. The standard InChI is InChI=1S/C25H26N2O6/c1-15-21(33-14-18-13-31-7-8-32-18)11-24(29)27-6-5-16-9-19(17-3-4-23(28)26-12-17)22(30-2)10-20(16)25(15)27/h3-4,9-12,18H,5-8,13-14H2,1-2H3,(H,26,28). The van der Waals surface area contributed by atoms with Crippen LogP contribution < -0.4 is 20.6 Å². The maximum atomic E-state index is 12.9. The average molecular weight is 450 g/mol. The van der Waals surface area contributed by atoms with Gasteiger partial charge >= 0.3 is 0 Å². The van der Waals surface area contributed by atoms with E-state index in [0.717, 1.165) is 39.9 Å². The van der Waals surface area contributed by atoms with Crippen LogP contribution in [0.25, 0.3) is 22.4 Å². The van der Waals surface area contributed by atoms with Gasteiger partial charge in [-0.2, -0.15) is 0 Å². The molecule has 172 valence electrons. The highest BCUT2D eigenvalue weighted by Crippen LogP contribution is 2.41. The largest absolute Gasteiger partial charge is 0.496 e. The first-order valence-electron chi connectivity index (χ1n) is 11.0. The van der Waals surface area contributed by atoms with E-state index < -0.39 is 0 Å². The fourth-order valence-corrected chi connectivity index (χ4v) is 4.52. The molecule has 8 nitrogen and oxygen atoms in total. The lowest BCUT2D eigenvalue weighted by Crippen LogP contribution is -2.34. The summed E-state index contributed by atoms with van der Waals surface area (Å²) in [6, 6.07) is 8.88. The predicted molar refractivity (Wildman–Crippen MR) is 123 cm³/mol. The Labute approximate surface area is 190 Å². The van der Waals surface area contributed by atoms with E-state index in [9.17, 15) is 9.59 Å². The number of pyridine rings is 2. The predicted octanol–water partition coefficient (Wildman–Crippen LogP) is 2.54. The number of hydrogen-bond acceptors (Lipinski definition) is 6. The molecule has 5 rings (SSSR count). The van der Waals surface area contributed by atoms with Crippen LogP contribution in [-0.4, -0.2) is 49.2 Å². The lowest BCUT2D eigenvalue weighted by atomic mass is 9.90. The molecule has 8 heteroatoms. The fraction of sp³-hybridized carbons (Fsp3) is 0.360. The van der Waals surface area contributed by atoms with Gasteiger partial charge in [-0.1, -0.05) is 0 Å². The van der Waals surface area contributed by atoms with Crippen molar-refractivity contribution in [3.8, 4) is 33.9 Å². The number of aromatic amines is 1. The molecule has 1 fully saturated rings. The number of H-pyrrole nitrogens is 1. The van der Waals surface area contributed by atoms with Crippen LogP contribution in [0.3, 0.4) is 0 Å². The van der Waals surface area contributed by atoms with Crippen LogP contribution in [0.1, 0.15) is 11.1 Å². The van der Waals surface area contributed by atoms with E-state index in [2.05, 4.69) is 11.1 Å². The van der Waals surface area contributed by atoms with Gasteiger partial charge in [0.05, 0.1) is 32.6 Å². The van der Waals surface area contributed by atoms with Gasteiger partial charge in [0.25, 0.3) is 5.56 Å². The molecule has 33 heavy (non-hydrogen) atoms. The zero-order chi connectivity index (χ0) is 22.9. The second-order valence-electron chi connectivity index (χ2n) is 8.25. The Hall–Kier alpha value is -3.36. The van der Waals surface area contributed by atoms with E-state index in [1.165, 1.54) is 6.07 Å². The van der Waals surface area contributed by atoms with E-state index in [0.29, 0.717) is 44.5 Å². The van der Waals surface area contributed by atoms with E-state index >= 15 is 0 Å². The van der Waals surface area contributed by atoms with Gasteiger partial charge in [0.15, 0.2) is 0 Å². The van der Waals surface area contributed by atoms with Crippen LogP contribution in [0.15, 0.2) is 46.1 Å². The van der Waals surface area contributed by atoms with Gasteiger partial charge in [0, 0.05) is 47.1 Å². The van der Waals surface area contributed by atoms with Crippen molar-refractivity contribution < 1.29 is 18.9 Å². The van der Waals surface area contributed by atoms with Crippen LogP contribution in [0.5, 0.6) is 11.5 Å². The van der Waals surface area contributed by atoms with Crippen molar-refractivity contribution in [2.24, 2.45) is 0 Å². The number of aryl methyl sites for hydroxylation is 1. The van der Waals surface area contributed by atoms with Crippen LogP contribution in [-0.2, 0) is 22.4 Å². The summed E-state index contributed by atoms with van der Waals surface area (Å²) < 4.78 is 24.6. The summed E-state index contributed by atoms with van der Waals surface area (Å²) in [5.41, 5.74) is 5.29. The average Bonchev–Trinajstić information content (AvgIpc) is 2.85. The topological polar surface area (TPSA) is 91.8 Å². The molecule has 0 amide bonds. The number of aromatic nitrogens is 2. The van der Waals surface area contributed by atoms with Gasteiger partial charge in [0.2, 0.25) is 5.56 Å². The van der Waals surface area contributed by atoms with Gasteiger partial charge < -0.3 is 28.5 Å². The van der Waals surface area contributed by atoms with Gasteiger partial charge in [-0.05, 0) is 37.1 Å². The zero-order valence-electron chi connectivity index (χ0n) is 18.7. The number of methoxy groups -OCH3 is 1. The van der Waals surface area contributed by atoms with Crippen molar-refractivity contribution >= 4 is 0 Å². The Balaban J connectivity index is 1.56. The van der Waals surface area contributed by atoms with E-state index in [1.54, 1.807) is 30.0 Å². The highest BCUT2D eigenvalue weighted by Gasteiger charge is 2.25. The summed E-state index contributed by atoms with van der Waals surface area (Å²) in [7, 11) is 1.62. The highest BCUT2D eigenvalue weighted by atomic mass is 16.6. The number of fused-ring (bicyclic) bond motifs is 3. The van der Waals surface area contributed by atoms with Crippen LogP contribution in [0.2, 0.25) is 0 Å². The summed E-state index contributed by atoms with van der Waals surface area (Å²) in [5.74, 6) is 1.22. The second-order valence-corrected chi connectivity index (χ2v) is 8.25. The van der Waals surface area contributed by atoms with Crippen molar-refractivity contribution in [1.29, 1.82) is 0 Å². The summed E-state index contributed by atoms with van der Waals surface area (Å²) in [6.07, 6.45) is 2.25. The van der Waals surface area contributed by atoms with Crippen molar-refractivity contribution in [2.75, 3.05) is 33.5 Å². The van der Waals surface area contributed by atoms with Gasteiger partial charge in [-0.15, -0.1) is 0 Å². The first-order chi connectivity index (χ1) is 16.0. The molecule has 0 spiro atoms. The lowest BCUT2D eigenvalue weighted by molar-refractivity contribution is -0.101. The van der Waals surface area contributed by atoms with Gasteiger partial charge in [0.1, 0.15) is 24.2 Å².